The predicted molar refractivity (Wildman–Crippen MR) is 98.5 cm³/mol. The number of amides is 2. The predicted octanol–water partition coefficient (Wildman–Crippen LogP) is 0.727. The van der Waals surface area contributed by atoms with Gasteiger partial charge in [0.25, 0.3) is 5.91 Å². The van der Waals surface area contributed by atoms with E-state index >= 15 is 0 Å². The fourth-order valence-electron chi connectivity index (χ4n) is 2.64. The summed E-state index contributed by atoms with van der Waals surface area (Å²) < 4.78 is 0. The zero-order chi connectivity index (χ0) is 18.2. The average Bonchev–Trinajstić information content (AvgIpc) is 2.59. The van der Waals surface area contributed by atoms with Gasteiger partial charge in [-0.3, -0.25) is 9.59 Å². The summed E-state index contributed by atoms with van der Waals surface area (Å²) in [6.07, 6.45) is 0. The Hall–Kier alpha value is -2.66. The van der Waals surface area contributed by atoms with Crippen LogP contribution >= 0.6 is 0 Å². The number of carbonyl (C=O) groups excluding carboxylic acids is 2. The van der Waals surface area contributed by atoms with Crippen molar-refractivity contribution in [3.8, 4) is 0 Å². The van der Waals surface area contributed by atoms with E-state index in [1.807, 2.05) is 63.5 Å². The number of nitrogens with one attached hydrogen (secondary N) is 3. The first-order valence-corrected chi connectivity index (χ1v) is 8.44. The first-order valence-electron chi connectivity index (χ1n) is 8.44. The summed E-state index contributed by atoms with van der Waals surface area (Å²) in [5.74, 6) is -0.440. The summed E-state index contributed by atoms with van der Waals surface area (Å²) in [5, 5.41) is 5.69. The lowest BCUT2D eigenvalue weighted by atomic mass is 10.1. The van der Waals surface area contributed by atoms with Gasteiger partial charge in [0.2, 0.25) is 5.91 Å². The zero-order valence-corrected chi connectivity index (χ0v) is 15.0. The van der Waals surface area contributed by atoms with Crippen LogP contribution in [0.15, 0.2) is 54.6 Å². The summed E-state index contributed by atoms with van der Waals surface area (Å²) in [7, 11) is 4.09. The Morgan fingerprint density at radius 2 is 1.76 bits per heavy atom. The molecule has 5 nitrogen and oxygen atoms in total. The Labute approximate surface area is 149 Å². The molecule has 2 rings (SSSR count). The Kier molecular flexibility index (Phi) is 6.71. The van der Waals surface area contributed by atoms with Crippen LogP contribution in [0.3, 0.4) is 0 Å². The second-order valence-corrected chi connectivity index (χ2v) is 6.49. The van der Waals surface area contributed by atoms with E-state index in [9.17, 15) is 9.59 Å². The highest BCUT2D eigenvalue weighted by atomic mass is 16.2. The molecular weight excluding hydrogens is 314 g/mol. The Balaban J connectivity index is 1.93. The number of rotatable bonds is 7. The quantitative estimate of drug-likeness (QED) is 0.696. The normalized spacial score (nSPS) is 11.8. The van der Waals surface area contributed by atoms with Gasteiger partial charge in [-0.15, -0.1) is 0 Å². The molecule has 0 aliphatic heterocycles. The molecule has 2 amide bonds. The van der Waals surface area contributed by atoms with Crippen LogP contribution in [-0.4, -0.2) is 39.0 Å². The Bertz CT molecular complexity index is 714. The lowest BCUT2D eigenvalue weighted by Crippen LogP contribution is -3.06. The van der Waals surface area contributed by atoms with Crippen molar-refractivity contribution in [2.24, 2.45) is 0 Å². The van der Waals surface area contributed by atoms with Crippen LogP contribution < -0.4 is 15.5 Å². The largest absolute Gasteiger partial charge is 0.343 e. The van der Waals surface area contributed by atoms with Crippen LogP contribution in [0.2, 0.25) is 0 Å². The van der Waals surface area contributed by atoms with Gasteiger partial charge >= 0.3 is 0 Å². The molecule has 5 heteroatoms. The van der Waals surface area contributed by atoms with Gasteiger partial charge in [0.05, 0.1) is 20.6 Å². The number of likely N-dealkylation sites (N-methyl/N-ethyl adjacent to an activating group) is 1. The Morgan fingerprint density at radius 1 is 1.04 bits per heavy atom. The van der Waals surface area contributed by atoms with E-state index in [1.165, 1.54) is 4.90 Å². The molecule has 0 aromatic heterocycles. The molecule has 1 atom stereocenters. The van der Waals surface area contributed by atoms with Crippen molar-refractivity contribution in [1.82, 2.24) is 10.6 Å². The second kappa shape index (κ2) is 8.99. The molecule has 2 aromatic carbocycles. The average molecular weight is 340 g/mol. The fourth-order valence-corrected chi connectivity index (χ4v) is 2.64. The van der Waals surface area contributed by atoms with E-state index in [2.05, 4.69) is 10.6 Å². The minimum absolute atomic E-state index is 0.0428. The highest BCUT2D eigenvalue weighted by Gasteiger charge is 2.18. The maximum Gasteiger partial charge on any atom is 0.251 e. The van der Waals surface area contributed by atoms with Gasteiger partial charge in [0, 0.05) is 5.56 Å². The van der Waals surface area contributed by atoms with E-state index in [-0.39, 0.29) is 24.4 Å². The van der Waals surface area contributed by atoms with Crippen LogP contribution in [0.5, 0.6) is 0 Å². The van der Waals surface area contributed by atoms with Crippen LogP contribution in [0.4, 0.5) is 0 Å². The van der Waals surface area contributed by atoms with Crippen molar-refractivity contribution in [3.63, 3.8) is 0 Å². The smallest absolute Gasteiger partial charge is 0.251 e. The highest BCUT2D eigenvalue weighted by Crippen LogP contribution is 2.10. The number of quaternary nitrogens is 1. The van der Waals surface area contributed by atoms with Crippen LogP contribution in [0, 0.1) is 6.92 Å². The van der Waals surface area contributed by atoms with E-state index in [0.29, 0.717) is 5.56 Å². The van der Waals surface area contributed by atoms with Gasteiger partial charge in [-0.05, 0) is 24.6 Å². The topological polar surface area (TPSA) is 62.6 Å². The molecule has 0 aliphatic rings. The van der Waals surface area contributed by atoms with Crippen LogP contribution in [0.25, 0.3) is 0 Å². The summed E-state index contributed by atoms with van der Waals surface area (Å²) in [5.41, 5.74) is 2.63. The maximum atomic E-state index is 12.3. The molecule has 132 valence electrons. The molecule has 0 saturated carbocycles. The van der Waals surface area contributed by atoms with Crippen molar-refractivity contribution in [1.29, 1.82) is 0 Å². The standard InChI is InChI=1S/C20H25N3O2/c1-15-8-7-11-17(12-15)20(25)21-13-19(24)22-18(14-23(2)3)16-9-5-4-6-10-16/h4-12,18H,13-14H2,1-3H3,(H,21,25)(H,22,24)/p+1/t18-/m0/s1. The fraction of sp³-hybridized carbons (Fsp3) is 0.300. The van der Waals surface area contributed by atoms with Crippen molar-refractivity contribution in [3.05, 3.63) is 71.3 Å². The molecule has 0 unspecified atom stereocenters. The third-order valence-electron chi connectivity index (χ3n) is 3.84. The molecule has 0 aliphatic carbocycles. The molecule has 25 heavy (non-hydrogen) atoms. The molecule has 0 heterocycles. The third-order valence-corrected chi connectivity index (χ3v) is 3.84. The lowest BCUT2D eigenvalue weighted by molar-refractivity contribution is -0.860. The third kappa shape index (κ3) is 6.04. The molecule has 3 N–H and O–H groups in total. The van der Waals surface area contributed by atoms with E-state index in [4.69, 9.17) is 0 Å². The number of aryl methyl sites for hydroxylation is 1. The number of carbonyl (C=O) groups is 2. The van der Waals surface area contributed by atoms with Gasteiger partial charge in [0.15, 0.2) is 0 Å². The second-order valence-electron chi connectivity index (χ2n) is 6.49. The molecular formula is C20H26N3O2+. The molecule has 0 saturated heterocycles. The summed E-state index contributed by atoms with van der Waals surface area (Å²) in [4.78, 5) is 25.6. The summed E-state index contributed by atoms with van der Waals surface area (Å²) in [6, 6.07) is 17.1. The molecule has 0 bridgehead atoms. The van der Waals surface area contributed by atoms with Crippen molar-refractivity contribution in [2.45, 2.75) is 13.0 Å². The van der Waals surface area contributed by atoms with Crippen LogP contribution in [0.1, 0.15) is 27.5 Å². The Morgan fingerprint density at radius 3 is 2.40 bits per heavy atom. The first kappa shape index (κ1) is 18.7. The monoisotopic (exact) mass is 340 g/mol. The molecule has 2 aromatic rings. The minimum atomic E-state index is -0.242. The van der Waals surface area contributed by atoms with Crippen molar-refractivity contribution < 1.29 is 14.5 Å². The van der Waals surface area contributed by atoms with E-state index in [1.54, 1.807) is 12.1 Å². The SMILES string of the molecule is Cc1cccc(C(=O)NCC(=O)N[C@@H](C[NH+](C)C)c2ccccc2)c1. The van der Waals surface area contributed by atoms with Crippen LogP contribution in [-0.2, 0) is 4.79 Å². The minimum Gasteiger partial charge on any atom is -0.343 e. The molecule has 0 spiro atoms. The highest BCUT2D eigenvalue weighted by molar-refractivity contribution is 5.96. The van der Waals surface area contributed by atoms with Gasteiger partial charge in [-0.25, -0.2) is 0 Å². The van der Waals surface area contributed by atoms with Gasteiger partial charge < -0.3 is 15.5 Å². The number of benzene rings is 2. The maximum absolute atomic E-state index is 12.3. The summed E-state index contributed by atoms with van der Waals surface area (Å²) >= 11 is 0. The number of hydrogen-bond acceptors (Lipinski definition) is 2. The number of hydrogen-bond donors (Lipinski definition) is 3. The zero-order valence-electron chi connectivity index (χ0n) is 15.0. The van der Waals surface area contributed by atoms with Gasteiger partial charge in [-0.1, -0.05) is 48.0 Å². The van der Waals surface area contributed by atoms with E-state index < -0.39 is 0 Å². The summed E-state index contributed by atoms with van der Waals surface area (Å²) in [6.45, 7) is 2.65. The molecule has 0 fully saturated rings. The van der Waals surface area contributed by atoms with Gasteiger partial charge in [-0.2, -0.15) is 0 Å². The van der Waals surface area contributed by atoms with Gasteiger partial charge in [0.1, 0.15) is 12.6 Å². The molecule has 0 radical (unpaired) electrons. The van der Waals surface area contributed by atoms with Crippen molar-refractivity contribution >= 4 is 11.8 Å². The first-order chi connectivity index (χ1) is 12.0. The van der Waals surface area contributed by atoms with Crippen molar-refractivity contribution in [2.75, 3.05) is 27.2 Å². The lowest BCUT2D eigenvalue weighted by Gasteiger charge is -2.21. The van der Waals surface area contributed by atoms with E-state index in [0.717, 1.165) is 17.7 Å².